The molecule has 14 heavy (non-hydrogen) atoms. The number of nitrogens with two attached hydrogens (primary N) is 1. The molecule has 0 spiro atoms. The van der Waals surface area contributed by atoms with Crippen molar-refractivity contribution in [1.29, 1.82) is 0 Å². The molecule has 0 saturated carbocycles. The van der Waals surface area contributed by atoms with E-state index >= 15 is 0 Å². The molecular formula is C11H15BrClN. The van der Waals surface area contributed by atoms with Crippen LogP contribution >= 0.6 is 27.5 Å². The fourth-order valence-electron chi connectivity index (χ4n) is 1.60. The van der Waals surface area contributed by atoms with Gasteiger partial charge in [0.1, 0.15) is 0 Å². The molecule has 0 fully saturated rings. The van der Waals surface area contributed by atoms with Crippen LogP contribution in [0.5, 0.6) is 0 Å². The lowest BCUT2D eigenvalue weighted by atomic mass is 9.94. The van der Waals surface area contributed by atoms with Crippen molar-refractivity contribution in [2.75, 3.05) is 6.54 Å². The van der Waals surface area contributed by atoms with E-state index in [2.05, 4.69) is 35.8 Å². The normalized spacial score (nSPS) is 12.9. The van der Waals surface area contributed by atoms with E-state index in [0.29, 0.717) is 5.92 Å². The smallest absolute Gasteiger partial charge is 0.0550 e. The summed E-state index contributed by atoms with van der Waals surface area (Å²) < 4.78 is 0.962. The van der Waals surface area contributed by atoms with Gasteiger partial charge < -0.3 is 5.73 Å². The van der Waals surface area contributed by atoms with Crippen molar-refractivity contribution in [2.24, 2.45) is 5.73 Å². The number of halogens is 2. The molecule has 1 rings (SSSR count). The maximum atomic E-state index is 6.00. The maximum Gasteiger partial charge on any atom is 0.0550 e. The summed E-state index contributed by atoms with van der Waals surface area (Å²) in [6.07, 6.45) is 1.01. The van der Waals surface area contributed by atoms with Crippen molar-refractivity contribution in [2.45, 2.75) is 26.2 Å². The number of hydrogen-bond donors (Lipinski definition) is 1. The Morgan fingerprint density at radius 1 is 1.50 bits per heavy atom. The lowest BCUT2D eigenvalue weighted by molar-refractivity contribution is 0.686. The van der Waals surface area contributed by atoms with E-state index in [1.54, 1.807) is 0 Å². The van der Waals surface area contributed by atoms with Crippen molar-refractivity contribution >= 4 is 27.5 Å². The molecule has 78 valence electrons. The number of benzene rings is 1. The fourth-order valence-corrected chi connectivity index (χ4v) is 2.18. The van der Waals surface area contributed by atoms with E-state index in [1.165, 1.54) is 11.1 Å². The number of rotatable bonds is 3. The van der Waals surface area contributed by atoms with Crippen molar-refractivity contribution in [1.82, 2.24) is 0 Å². The minimum atomic E-state index is 0.494. The molecule has 1 aromatic carbocycles. The SMILES string of the molecule is Cc1cc(Cl)c(Br)cc1C(C)CCN. The van der Waals surface area contributed by atoms with Crippen LogP contribution in [0.1, 0.15) is 30.4 Å². The summed E-state index contributed by atoms with van der Waals surface area (Å²) in [7, 11) is 0. The Morgan fingerprint density at radius 3 is 2.71 bits per heavy atom. The highest BCUT2D eigenvalue weighted by molar-refractivity contribution is 9.10. The molecule has 0 aromatic heterocycles. The lowest BCUT2D eigenvalue weighted by Gasteiger charge is -2.14. The predicted octanol–water partition coefficient (Wildman–Crippen LogP) is 3.86. The molecule has 0 aliphatic rings. The lowest BCUT2D eigenvalue weighted by Crippen LogP contribution is -2.05. The maximum absolute atomic E-state index is 6.00. The zero-order chi connectivity index (χ0) is 10.7. The summed E-state index contributed by atoms with van der Waals surface area (Å²) >= 11 is 9.43. The van der Waals surface area contributed by atoms with Crippen molar-refractivity contribution < 1.29 is 0 Å². The van der Waals surface area contributed by atoms with E-state index in [1.807, 2.05) is 6.07 Å². The van der Waals surface area contributed by atoms with Crippen LogP contribution in [0, 0.1) is 6.92 Å². The fraction of sp³-hybridized carbons (Fsp3) is 0.455. The van der Waals surface area contributed by atoms with Gasteiger partial charge in [-0.1, -0.05) is 18.5 Å². The molecule has 0 aliphatic carbocycles. The molecule has 1 atom stereocenters. The summed E-state index contributed by atoms with van der Waals surface area (Å²) in [5.41, 5.74) is 8.11. The molecule has 1 nitrogen and oxygen atoms in total. The first-order valence-electron chi connectivity index (χ1n) is 4.72. The van der Waals surface area contributed by atoms with Crippen LogP contribution in [-0.2, 0) is 0 Å². The summed E-state index contributed by atoms with van der Waals surface area (Å²) in [6.45, 7) is 5.00. The molecule has 0 aliphatic heterocycles. The molecule has 0 heterocycles. The van der Waals surface area contributed by atoms with E-state index in [-0.39, 0.29) is 0 Å². The summed E-state index contributed by atoms with van der Waals surface area (Å²) in [4.78, 5) is 0. The van der Waals surface area contributed by atoms with Crippen molar-refractivity contribution in [3.63, 3.8) is 0 Å². The first-order valence-corrected chi connectivity index (χ1v) is 5.89. The van der Waals surface area contributed by atoms with Gasteiger partial charge in [0.05, 0.1) is 5.02 Å². The second-order valence-electron chi connectivity index (χ2n) is 3.60. The van der Waals surface area contributed by atoms with Crippen molar-refractivity contribution in [3.8, 4) is 0 Å². The van der Waals surface area contributed by atoms with Crippen LogP contribution in [0.4, 0.5) is 0 Å². The van der Waals surface area contributed by atoms with Gasteiger partial charge in [-0.2, -0.15) is 0 Å². The van der Waals surface area contributed by atoms with Gasteiger partial charge in [0.25, 0.3) is 0 Å². The molecule has 3 heteroatoms. The molecule has 0 saturated heterocycles. The Hall–Kier alpha value is -0.0500. The Labute approximate surface area is 98.8 Å². The predicted molar refractivity (Wildman–Crippen MR) is 66.0 cm³/mol. The standard InChI is InChI=1S/C11H15BrClN/c1-7(3-4-14)9-6-10(12)11(13)5-8(9)2/h5-7H,3-4,14H2,1-2H3. The molecule has 1 aromatic rings. The molecule has 1 unspecified atom stereocenters. The average molecular weight is 277 g/mol. The van der Waals surface area contributed by atoms with Gasteiger partial charge in [0.15, 0.2) is 0 Å². The summed E-state index contributed by atoms with van der Waals surface area (Å²) in [5, 5.41) is 0.770. The van der Waals surface area contributed by atoms with E-state index in [4.69, 9.17) is 17.3 Å². The first kappa shape index (κ1) is 12.0. The molecule has 2 N–H and O–H groups in total. The quantitative estimate of drug-likeness (QED) is 0.891. The third kappa shape index (κ3) is 2.72. The van der Waals surface area contributed by atoms with Gasteiger partial charge in [0.2, 0.25) is 0 Å². The Kier molecular flexibility index (Phi) is 4.42. The van der Waals surface area contributed by atoms with Gasteiger partial charge in [0, 0.05) is 4.47 Å². The zero-order valence-corrected chi connectivity index (χ0v) is 10.8. The van der Waals surface area contributed by atoms with Crippen LogP contribution < -0.4 is 5.73 Å². The second kappa shape index (κ2) is 5.15. The first-order chi connectivity index (χ1) is 6.56. The molecule has 0 bridgehead atoms. The highest BCUT2D eigenvalue weighted by Gasteiger charge is 2.10. The third-order valence-electron chi connectivity index (χ3n) is 2.44. The van der Waals surface area contributed by atoms with Gasteiger partial charge in [-0.3, -0.25) is 0 Å². The zero-order valence-electron chi connectivity index (χ0n) is 8.48. The third-order valence-corrected chi connectivity index (χ3v) is 3.64. The highest BCUT2D eigenvalue weighted by Crippen LogP contribution is 2.30. The topological polar surface area (TPSA) is 26.0 Å². The number of aryl methyl sites for hydroxylation is 1. The van der Waals surface area contributed by atoms with Gasteiger partial charge in [-0.15, -0.1) is 0 Å². The van der Waals surface area contributed by atoms with Gasteiger partial charge in [-0.05, 0) is 65.0 Å². The summed E-state index contributed by atoms with van der Waals surface area (Å²) in [6, 6.07) is 4.09. The van der Waals surface area contributed by atoms with Gasteiger partial charge in [-0.25, -0.2) is 0 Å². The number of hydrogen-bond acceptors (Lipinski definition) is 1. The molecule has 0 amide bonds. The average Bonchev–Trinajstić information content (AvgIpc) is 2.11. The minimum absolute atomic E-state index is 0.494. The Balaban J connectivity index is 3.02. The van der Waals surface area contributed by atoms with Crippen LogP contribution in [0.3, 0.4) is 0 Å². The van der Waals surface area contributed by atoms with Crippen LogP contribution in [0.2, 0.25) is 5.02 Å². The van der Waals surface area contributed by atoms with E-state index in [0.717, 1.165) is 22.5 Å². The largest absolute Gasteiger partial charge is 0.330 e. The second-order valence-corrected chi connectivity index (χ2v) is 4.86. The van der Waals surface area contributed by atoms with Crippen LogP contribution in [-0.4, -0.2) is 6.54 Å². The van der Waals surface area contributed by atoms with Gasteiger partial charge >= 0.3 is 0 Å². The van der Waals surface area contributed by atoms with Crippen LogP contribution in [0.25, 0.3) is 0 Å². The Morgan fingerprint density at radius 2 is 2.14 bits per heavy atom. The molecule has 0 radical (unpaired) electrons. The molecular weight excluding hydrogens is 261 g/mol. The van der Waals surface area contributed by atoms with Crippen molar-refractivity contribution in [3.05, 3.63) is 32.8 Å². The monoisotopic (exact) mass is 275 g/mol. The van der Waals surface area contributed by atoms with Crippen LogP contribution in [0.15, 0.2) is 16.6 Å². The van der Waals surface area contributed by atoms with E-state index in [9.17, 15) is 0 Å². The van der Waals surface area contributed by atoms with E-state index < -0.39 is 0 Å². The summed E-state index contributed by atoms with van der Waals surface area (Å²) in [5.74, 6) is 0.494. The minimum Gasteiger partial charge on any atom is -0.330 e. The Bertz CT molecular complexity index is 325. The highest BCUT2D eigenvalue weighted by atomic mass is 79.9.